The molecule has 1 N–H and O–H groups in total. The number of nitrogens with one attached hydrogen (secondary N) is 1. The SMILES string of the molecule is CCOc1cc(/C=C2/SC(=O)N(CC(=O)Nc3ccc(CC)cc3)C2=O)ccc1O[C@@H](C)CC. The largest absolute Gasteiger partial charge is 0.490 e. The molecule has 2 aromatic rings. The van der Waals surface area contributed by atoms with E-state index >= 15 is 0 Å². The van der Waals surface area contributed by atoms with Gasteiger partial charge in [0.1, 0.15) is 6.54 Å². The third kappa shape index (κ3) is 6.41. The molecule has 3 amide bonds. The third-order valence-corrected chi connectivity index (χ3v) is 6.20. The summed E-state index contributed by atoms with van der Waals surface area (Å²) < 4.78 is 11.6. The van der Waals surface area contributed by atoms with Gasteiger partial charge in [0.25, 0.3) is 11.1 Å². The van der Waals surface area contributed by atoms with Crippen molar-refractivity contribution >= 4 is 40.6 Å². The Labute approximate surface area is 204 Å². The molecule has 1 aliphatic heterocycles. The van der Waals surface area contributed by atoms with Gasteiger partial charge in [-0.3, -0.25) is 19.3 Å². The predicted octanol–water partition coefficient (Wildman–Crippen LogP) is 5.50. The van der Waals surface area contributed by atoms with Gasteiger partial charge in [0.15, 0.2) is 11.5 Å². The van der Waals surface area contributed by atoms with E-state index in [1.807, 2.05) is 39.8 Å². The van der Waals surface area contributed by atoms with Gasteiger partial charge in [-0.25, -0.2) is 0 Å². The summed E-state index contributed by atoms with van der Waals surface area (Å²) in [6, 6.07) is 12.8. The van der Waals surface area contributed by atoms with Crippen molar-refractivity contribution in [2.75, 3.05) is 18.5 Å². The zero-order valence-electron chi connectivity index (χ0n) is 19.9. The fourth-order valence-corrected chi connectivity index (χ4v) is 4.07. The van der Waals surface area contributed by atoms with E-state index in [0.717, 1.165) is 35.1 Å². The maximum Gasteiger partial charge on any atom is 0.294 e. The number of anilines is 1. The van der Waals surface area contributed by atoms with E-state index in [1.165, 1.54) is 0 Å². The quantitative estimate of drug-likeness (QED) is 0.450. The van der Waals surface area contributed by atoms with Crippen molar-refractivity contribution in [3.63, 3.8) is 0 Å². The molecule has 7 nitrogen and oxygen atoms in total. The van der Waals surface area contributed by atoms with Crippen LogP contribution in [0.5, 0.6) is 11.5 Å². The lowest BCUT2D eigenvalue weighted by molar-refractivity contribution is -0.127. The second kappa shape index (κ2) is 11.7. The summed E-state index contributed by atoms with van der Waals surface area (Å²) in [6.45, 7) is 8.08. The number of ether oxygens (including phenoxy) is 2. The second-order valence-electron chi connectivity index (χ2n) is 7.84. The normalized spacial score (nSPS) is 15.5. The lowest BCUT2D eigenvalue weighted by Crippen LogP contribution is -2.36. The Kier molecular flexibility index (Phi) is 8.76. The number of hydrogen-bond acceptors (Lipinski definition) is 6. The van der Waals surface area contributed by atoms with Gasteiger partial charge in [0, 0.05) is 5.69 Å². The van der Waals surface area contributed by atoms with Gasteiger partial charge >= 0.3 is 0 Å². The van der Waals surface area contributed by atoms with E-state index < -0.39 is 17.1 Å². The Morgan fingerprint density at radius 1 is 1.09 bits per heavy atom. The van der Waals surface area contributed by atoms with Crippen LogP contribution in [0.1, 0.15) is 45.2 Å². The maximum atomic E-state index is 12.8. The topological polar surface area (TPSA) is 84.9 Å². The minimum Gasteiger partial charge on any atom is -0.490 e. The highest BCUT2D eigenvalue weighted by Crippen LogP contribution is 2.35. The first-order valence-corrected chi connectivity index (χ1v) is 12.2. The number of thioether (sulfide) groups is 1. The van der Waals surface area contributed by atoms with Gasteiger partial charge < -0.3 is 14.8 Å². The zero-order chi connectivity index (χ0) is 24.7. The van der Waals surface area contributed by atoms with Crippen molar-refractivity contribution in [2.45, 2.75) is 46.6 Å². The van der Waals surface area contributed by atoms with Crippen molar-refractivity contribution < 1.29 is 23.9 Å². The van der Waals surface area contributed by atoms with Gasteiger partial charge in [-0.1, -0.05) is 32.0 Å². The van der Waals surface area contributed by atoms with Crippen LogP contribution >= 0.6 is 11.8 Å². The number of benzene rings is 2. The average molecular weight is 483 g/mol. The molecule has 0 radical (unpaired) electrons. The molecule has 2 aromatic carbocycles. The fourth-order valence-electron chi connectivity index (χ4n) is 3.24. The number of imide groups is 1. The Morgan fingerprint density at radius 2 is 1.82 bits per heavy atom. The van der Waals surface area contributed by atoms with Crippen LogP contribution in [0.3, 0.4) is 0 Å². The van der Waals surface area contributed by atoms with E-state index in [9.17, 15) is 14.4 Å². The summed E-state index contributed by atoms with van der Waals surface area (Å²) in [5, 5.41) is 2.25. The Balaban J connectivity index is 1.70. The van der Waals surface area contributed by atoms with Crippen molar-refractivity contribution in [3.8, 4) is 11.5 Å². The van der Waals surface area contributed by atoms with Gasteiger partial charge in [-0.2, -0.15) is 0 Å². The summed E-state index contributed by atoms with van der Waals surface area (Å²) in [5.74, 6) is 0.275. The van der Waals surface area contributed by atoms with Crippen molar-refractivity contribution in [1.82, 2.24) is 4.90 Å². The zero-order valence-corrected chi connectivity index (χ0v) is 20.7. The van der Waals surface area contributed by atoms with E-state index in [1.54, 1.807) is 36.4 Å². The van der Waals surface area contributed by atoms with E-state index in [4.69, 9.17) is 9.47 Å². The molecule has 0 saturated carbocycles. The molecule has 0 unspecified atom stereocenters. The van der Waals surface area contributed by atoms with Gasteiger partial charge in [-0.15, -0.1) is 0 Å². The standard InChI is InChI=1S/C26H30N2O5S/c1-5-17(4)33-21-13-10-19(14-22(21)32-7-3)15-23-25(30)28(26(31)34-23)16-24(29)27-20-11-8-18(6-2)9-12-20/h8-15,17H,5-7,16H2,1-4H3,(H,27,29)/b23-15+/t17-/m0/s1. The van der Waals surface area contributed by atoms with Crippen molar-refractivity contribution in [1.29, 1.82) is 0 Å². The van der Waals surface area contributed by atoms with Gasteiger partial charge in [0.05, 0.1) is 17.6 Å². The molecule has 1 heterocycles. The first-order valence-electron chi connectivity index (χ1n) is 11.4. The fraction of sp³-hybridized carbons (Fsp3) is 0.346. The van der Waals surface area contributed by atoms with Crippen LogP contribution in [0.4, 0.5) is 10.5 Å². The first kappa shape index (κ1) is 25.4. The number of nitrogens with zero attached hydrogens (tertiary/aromatic N) is 1. The first-order chi connectivity index (χ1) is 16.3. The summed E-state index contributed by atoms with van der Waals surface area (Å²) in [5.41, 5.74) is 2.47. The molecule has 1 fully saturated rings. The molecule has 8 heteroatoms. The molecular formula is C26H30N2O5S. The number of carbonyl (C=O) groups excluding carboxylic acids is 3. The third-order valence-electron chi connectivity index (χ3n) is 5.29. The number of amides is 3. The van der Waals surface area contributed by atoms with Gasteiger partial charge in [-0.05, 0) is 79.9 Å². The molecule has 0 aliphatic carbocycles. The van der Waals surface area contributed by atoms with Crippen LogP contribution in [0.15, 0.2) is 47.4 Å². The van der Waals surface area contributed by atoms with Crippen LogP contribution in [0.25, 0.3) is 6.08 Å². The number of carbonyl (C=O) groups is 3. The maximum absolute atomic E-state index is 12.8. The van der Waals surface area contributed by atoms with Gasteiger partial charge in [0.2, 0.25) is 5.91 Å². The summed E-state index contributed by atoms with van der Waals surface area (Å²) in [4.78, 5) is 38.9. The summed E-state index contributed by atoms with van der Waals surface area (Å²) >= 11 is 0.814. The van der Waals surface area contributed by atoms with Crippen LogP contribution in [-0.2, 0) is 16.0 Å². The molecule has 1 atom stereocenters. The predicted molar refractivity (Wildman–Crippen MR) is 135 cm³/mol. The monoisotopic (exact) mass is 482 g/mol. The number of hydrogen-bond donors (Lipinski definition) is 1. The Bertz CT molecular complexity index is 1080. The molecule has 1 aliphatic rings. The van der Waals surface area contributed by atoms with E-state index in [-0.39, 0.29) is 17.6 Å². The molecule has 0 aromatic heterocycles. The number of rotatable bonds is 10. The molecule has 180 valence electrons. The van der Waals surface area contributed by atoms with Crippen LogP contribution in [0, 0.1) is 0 Å². The molecule has 3 rings (SSSR count). The highest BCUT2D eigenvalue weighted by Gasteiger charge is 2.36. The van der Waals surface area contributed by atoms with Crippen LogP contribution in [-0.4, -0.2) is 41.2 Å². The minimum absolute atomic E-state index is 0.0392. The Morgan fingerprint density at radius 3 is 2.47 bits per heavy atom. The van der Waals surface area contributed by atoms with Crippen LogP contribution < -0.4 is 14.8 Å². The molecule has 34 heavy (non-hydrogen) atoms. The molecule has 1 saturated heterocycles. The highest BCUT2D eigenvalue weighted by molar-refractivity contribution is 8.18. The van der Waals surface area contributed by atoms with E-state index in [2.05, 4.69) is 5.32 Å². The minimum atomic E-state index is -0.496. The van der Waals surface area contributed by atoms with Crippen LogP contribution in [0.2, 0.25) is 0 Å². The summed E-state index contributed by atoms with van der Waals surface area (Å²) in [7, 11) is 0. The van der Waals surface area contributed by atoms with Crippen molar-refractivity contribution in [3.05, 3.63) is 58.5 Å². The molecule has 0 spiro atoms. The lowest BCUT2D eigenvalue weighted by atomic mass is 10.1. The van der Waals surface area contributed by atoms with Crippen molar-refractivity contribution in [2.24, 2.45) is 0 Å². The number of aryl methyl sites for hydroxylation is 1. The smallest absolute Gasteiger partial charge is 0.294 e. The summed E-state index contributed by atoms with van der Waals surface area (Å²) in [6.07, 6.45) is 3.42. The lowest BCUT2D eigenvalue weighted by Gasteiger charge is -2.16. The molecular weight excluding hydrogens is 452 g/mol. The highest BCUT2D eigenvalue weighted by atomic mass is 32.2. The van der Waals surface area contributed by atoms with E-state index in [0.29, 0.717) is 29.4 Å². The molecule has 0 bridgehead atoms. The Hall–Kier alpha value is -3.26. The average Bonchev–Trinajstić information content (AvgIpc) is 3.08. The second-order valence-corrected chi connectivity index (χ2v) is 8.84.